The van der Waals surface area contributed by atoms with Crippen molar-refractivity contribution in [2.45, 2.75) is 26.7 Å². The van der Waals surface area contributed by atoms with Crippen molar-refractivity contribution in [1.29, 1.82) is 0 Å². The molecule has 1 aromatic heterocycles. The zero-order valence-electron chi connectivity index (χ0n) is 15.4. The topological polar surface area (TPSA) is 44.1 Å². The minimum Gasteiger partial charge on any atom is -0.461 e. The molecule has 0 saturated carbocycles. The number of carbonyl (C=O) groups excluding carboxylic acids is 1. The number of benzene rings is 2. The summed E-state index contributed by atoms with van der Waals surface area (Å²) in [6.07, 6.45) is 0. The molecule has 0 aliphatic heterocycles. The largest absolute Gasteiger partial charge is 0.461 e. The Hall–Kier alpha value is -2.30. The maximum Gasteiger partial charge on any atom is 0.359 e. The highest BCUT2D eigenvalue weighted by atomic mass is 35.5. The summed E-state index contributed by atoms with van der Waals surface area (Å²) in [6.45, 7) is 6.11. The van der Waals surface area contributed by atoms with Gasteiger partial charge in [-0.1, -0.05) is 61.3 Å². The van der Waals surface area contributed by atoms with Gasteiger partial charge in [0.2, 0.25) is 0 Å². The van der Waals surface area contributed by atoms with E-state index in [-0.39, 0.29) is 12.5 Å². The Labute approximate surface area is 168 Å². The van der Waals surface area contributed by atoms with Gasteiger partial charge in [-0.25, -0.2) is 9.48 Å². The first kappa shape index (κ1) is 19.5. The van der Waals surface area contributed by atoms with Gasteiger partial charge in [0, 0.05) is 16.1 Å². The normalized spacial score (nSPS) is 11.0. The Morgan fingerprint density at radius 2 is 1.78 bits per heavy atom. The van der Waals surface area contributed by atoms with Crippen LogP contribution >= 0.6 is 23.2 Å². The van der Waals surface area contributed by atoms with Crippen LogP contribution in [0.25, 0.3) is 16.9 Å². The molecule has 3 rings (SSSR count). The monoisotopic (exact) mass is 402 g/mol. The molecule has 0 saturated heterocycles. The third-order valence-corrected chi connectivity index (χ3v) is 4.74. The Kier molecular flexibility index (Phi) is 5.88. The van der Waals surface area contributed by atoms with Crippen LogP contribution < -0.4 is 0 Å². The molecule has 140 valence electrons. The van der Waals surface area contributed by atoms with Crippen molar-refractivity contribution in [3.05, 3.63) is 69.8 Å². The van der Waals surface area contributed by atoms with Crippen LogP contribution in [0.15, 0.2) is 48.5 Å². The lowest BCUT2D eigenvalue weighted by Crippen LogP contribution is -2.09. The first-order valence-corrected chi connectivity index (χ1v) is 9.50. The Morgan fingerprint density at radius 3 is 2.37 bits per heavy atom. The smallest absolute Gasteiger partial charge is 0.359 e. The van der Waals surface area contributed by atoms with E-state index < -0.39 is 5.97 Å². The molecule has 27 heavy (non-hydrogen) atoms. The zero-order chi connectivity index (χ0) is 19.6. The molecule has 0 amide bonds. The number of aromatic nitrogens is 2. The van der Waals surface area contributed by atoms with Crippen LogP contribution in [0.4, 0.5) is 0 Å². The van der Waals surface area contributed by atoms with Gasteiger partial charge in [-0.2, -0.15) is 5.10 Å². The van der Waals surface area contributed by atoms with E-state index in [9.17, 15) is 4.79 Å². The second-order valence-electron chi connectivity index (χ2n) is 6.36. The Bertz CT molecular complexity index is 963. The van der Waals surface area contributed by atoms with Crippen LogP contribution in [0, 0.1) is 0 Å². The summed E-state index contributed by atoms with van der Waals surface area (Å²) >= 11 is 12.5. The maximum atomic E-state index is 12.6. The van der Waals surface area contributed by atoms with Gasteiger partial charge in [-0.15, -0.1) is 0 Å². The van der Waals surface area contributed by atoms with Crippen molar-refractivity contribution < 1.29 is 9.53 Å². The molecule has 0 radical (unpaired) electrons. The molecule has 0 fully saturated rings. The third-order valence-electron chi connectivity index (χ3n) is 4.17. The lowest BCUT2D eigenvalue weighted by molar-refractivity contribution is 0.0517. The highest BCUT2D eigenvalue weighted by Crippen LogP contribution is 2.36. The average Bonchev–Trinajstić information content (AvgIpc) is 3.03. The molecule has 6 heteroatoms. The van der Waals surface area contributed by atoms with Crippen LogP contribution in [0.5, 0.6) is 0 Å². The molecule has 0 aliphatic rings. The molecule has 4 nitrogen and oxygen atoms in total. The van der Waals surface area contributed by atoms with Crippen LogP contribution in [0.1, 0.15) is 42.7 Å². The zero-order valence-corrected chi connectivity index (χ0v) is 16.9. The fraction of sp³-hybridized carbons (Fsp3) is 0.238. The van der Waals surface area contributed by atoms with Crippen molar-refractivity contribution in [1.82, 2.24) is 9.78 Å². The summed E-state index contributed by atoms with van der Waals surface area (Å²) < 4.78 is 6.95. The van der Waals surface area contributed by atoms with E-state index in [0.717, 1.165) is 16.8 Å². The number of ether oxygens (including phenoxy) is 1. The van der Waals surface area contributed by atoms with E-state index >= 15 is 0 Å². The summed E-state index contributed by atoms with van der Waals surface area (Å²) in [5.41, 5.74) is 3.51. The summed E-state index contributed by atoms with van der Waals surface area (Å²) in [7, 11) is 0. The second-order valence-corrected chi connectivity index (χ2v) is 7.20. The van der Waals surface area contributed by atoms with Crippen LogP contribution in [-0.2, 0) is 4.74 Å². The summed E-state index contributed by atoms with van der Waals surface area (Å²) in [6, 6.07) is 14.8. The number of hydrogen-bond donors (Lipinski definition) is 0. The van der Waals surface area contributed by atoms with Gasteiger partial charge >= 0.3 is 5.97 Å². The van der Waals surface area contributed by atoms with E-state index in [1.807, 2.05) is 56.3 Å². The van der Waals surface area contributed by atoms with Gasteiger partial charge < -0.3 is 4.74 Å². The van der Waals surface area contributed by atoms with Crippen molar-refractivity contribution in [3.63, 3.8) is 0 Å². The summed E-state index contributed by atoms with van der Waals surface area (Å²) in [5.74, 6) is -0.395. The lowest BCUT2D eigenvalue weighted by Gasteiger charge is -2.13. The minimum absolute atomic E-state index is 0.0475. The van der Waals surface area contributed by atoms with E-state index in [4.69, 9.17) is 27.9 Å². The van der Waals surface area contributed by atoms with Crippen molar-refractivity contribution >= 4 is 29.2 Å². The predicted molar refractivity (Wildman–Crippen MR) is 109 cm³/mol. The fourth-order valence-electron chi connectivity index (χ4n) is 3.01. The highest BCUT2D eigenvalue weighted by molar-refractivity contribution is 6.32. The third kappa shape index (κ3) is 3.87. The molecule has 0 bridgehead atoms. The van der Waals surface area contributed by atoms with Crippen LogP contribution in [0.2, 0.25) is 10.0 Å². The van der Waals surface area contributed by atoms with Crippen LogP contribution in [0.3, 0.4) is 0 Å². The van der Waals surface area contributed by atoms with Gasteiger partial charge in [0.15, 0.2) is 5.69 Å². The van der Waals surface area contributed by atoms with Gasteiger partial charge in [-0.3, -0.25) is 0 Å². The summed E-state index contributed by atoms with van der Waals surface area (Å²) in [5, 5.41) is 5.79. The van der Waals surface area contributed by atoms with E-state index in [2.05, 4.69) is 5.10 Å². The molecule has 0 aliphatic carbocycles. The number of carbonyl (C=O) groups is 1. The molecular formula is C21H20Cl2N2O2. The van der Waals surface area contributed by atoms with E-state index in [1.165, 1.54) is 0 Å². The fourth-order valence-corrected chi connectivity index (χ4v) is 3.35. The first-order valence-electron chi connectivity index (χ1n) is 8.74. The molecule has 2 aromatic carbocycles. The minimum atomic E-state index is -0.442. The molecule has 0 N–H and O–H groups in total. The number of hydrogen-bond acceptors (Lipinski definition) is 3. The van der Waals surface area contributed by atoms with Crippen molar-refractivity contribution in [2.75, 3.05) is 6.61 Å². The number of rotatable bonds is 5. The molecule has 3 aromatic rings. The molecule has 0 atom stereocenters. The number of para-hydroxylation sites is 1. The molecule has 0 unspecified atom stereocenters. The second kappa shape index (κ2) is 8.15. The van der Waals surface area contributed by atoms with Gasteiger partial charge in [0.25, 0.3) is 0 Å². The Morgan fingerprint density at radius 1 is 1.11 bits per heavy atom. The quantitative estimate of drug-likeness (QED) is 0.480. The average molecular weight is 403 g/mol. The van der Waals surface area contributed by atoms with Crippen molar-refractivity contribution in [3.8, 4) is 16.9 Å². The molecular weight excluding hydrogens is 383 g/mol. The van der Waals surface area contributed by atoms with Gasteiger partial charge in [-0.05, 0) is 37.1 Å². The van der Waals surface area contributed by atoms with Gasteiger partial charge in [0.1, 0.15) is 0 Å². The van der Waals surface area contributed by atoms with E-state index in [1.54, 1.807) is 17.7 Å². The first-order chi connectivity index (χ1) is 12.9. The van der Waals surface area contributed by atoms with E-state index in [0.29, 0.717) is 21.4 Å². The maximum absolute atomic E-state index is 12.6. The number of nitrogens with zero attached hydrogens (tertiary/aromatic N) is 2. The highest BCUT2D eigenvalue weighted by Gasteiger charge is 2.28. The van der Waals surface area contributed by atoms with Crippen LogP contribution in [-0.4, -0.2) is 22.4 Å². The van der Waals surface area contributed by atoms with Crippen molar-refractivity contribution in [2.24, 2.45) is 0 Å². The molecule has 1 heterocycles. The van der Waals surface area contributed by atoms with Gasteiger partial charge in [0.05, 0.1) is 23.0 Å². The molecule has 0 spiro atoms. The number of esters is 1. The SMILES string of the molecule is CCOC(=O)c1nn(-c2ccccc2Cl)c(-c2ccc(Cl)cc2)c1C(C)C. The number of halogens is 2. The Balaban J connectivity index is 2.34. The standard InChI is InChI=1S/C21H20Cl2N2O2/c1-4-27-21(26)19-18(13(2)3)20(14-9-11-15(22)12-10-14)25(24-19)17-8-6-5-7-16(17)23/h5-13H,4H2,1-3H3. The lowest BCUT2D eigenvalue weighted by atomic mass is 9.96. The predicted octanol–water partition coefficient (Wildman–Crippen LogP) is 6.15. The summed E-state index contributed by atoms with van der Waals surface area (Å²) in [4.78, 5) is 12.6.